The van der Waals surface area contributed by atoms with Gasteiger partial charge >= 0.3 is 0 Å². The Kier molecular flexibility index (Phi) is 11.6. The van der Waals surface area contributed by atoms with Crippen LogP contribution in [0, 0.1) is 6.92 Å². The van der Waals surface area contributed by atoms with Crippen LogP contribution in [0.2, 0.25) is 10.0 Å². The van der Waals surface area contributed by atoms with Crippen LogP contribution in [0.3, 0.4) is 0 Å². The van der Waals surface area contributed by atoms with Gasteiger partial charge in [0, 0.05) is 29.1 Å². The summed E-state index contributed by atoms with van der Waals surface area (Å²) in [5.41, 5.74) is 2.69. The summed E-state index contributed by atoms with van der Waals surface area (Å²) in [6, 6.07) is 28.6. The summed E-state index contributed by atoms with van der Waals surface area (Å²) in [5.74, 6) is -0.772. The zero-order chi connectivity index (χ0) is 33.4. The van der Waals surface area contributed by atoms with E-state index in [4.69, 9.17) is 23.2 Å². The molecular weight excluding hydrogens is 653 g/mol. The fraction of sp³-hybridized carbons (Fsp3) is 0.297. The normalized spacial score (nSPS) is 14.3. The van der Waals surface area contributed by atoms with E-state index >= 15 is 0 Å². The van der Waals surface area contributed by atoms with Crippen LogP contribution in [0.5, 0.6) is 0 Å². The molecule has 7 nitrogen and oxygen atoms in total. The topological polar surface area (TPSA) is 86.8 Å². The van der Waals surface area contributed by atoms with Crippen molar-refractivity contribution in [3.8, 4) is 0 Å². The number of aryl methyl sites for hydroxylation is 1. The Morgan fingerprint density at radius 1 is 0.787 bits per heavy atom. The minimum absolute atomic E-state index is 0.00178. The third kappa shape index (κ3) is 8.95. The molecule has 0 heterocycles. The smallest absolute Gasteiger partial charge is 0.264 e. The van der Waals surface area contributed by atoms with Crippen molar-refractivity contribution in [1.82, 2.24) is 10.2 Å². The lowest BCUT2D eigenvalue weighted by Gasteiger charge is -2.35. The first-order valence-electron chi connectivity index (χ1n) is 15.8. The van der Waals surface area contributed by atoms with Gasteiger partial charge < -0.3 is 10.2 Å². The van der Waals surface area contributed by atoms with Gasteiger partial charge in [0.1, 0.15) is 12.6 Å². The molecule has 1 aliphatic carbocycles. The number of halogens is 2. The van der Waals surface area contributed by atoms with Crippen molar-refractivity contribution in [2.45, 2.75) is 69.0 Å². The lowest BCUT2D eigenvalue weighted by molar-refractivity contribution is -0.140. The minimum atomic E-state index is -4.22. The molecule has 1 N–H and O–H groups in total. The Morgan fingerprint density at radius 2 is 1.38 bits per heavy atom. The van der Waals surface area contributed by atoms with Crippen LogP contribution in [-0.2, 0) is 32.6 Å². The molecule has 0 radical (unpaired) electrons. The van der Waals surface area contributed by atoms with Gasteiger partial charge in [-0.1, -0.05) is 103 Å². The van der Waals surface area contributed by atoms with E-state index < -0.39 is 28.5 Å². The predicted molar refractivity (Wildman–Crippen MR) is 188 cm³/mol. The molecule has 246 valence electrons. The molecule has 5 rings (SSSR count). The highest BCUT2D eigenvalue weighted by Crippen LogP contribution is 2.29. The van der Waals surface area contributed by atoms with Crippen molar-refractivity contribution in [3.05, 3.63) is 130 Å². The van der Waals surface area contributed by atoms with E-state index in [1.807, 2.05) is 48.5 Å². The Hall–Kier alpha value is -3.85. The average Bonchev–Trinajstić information content (AvgIpc) is 3.07. The largest absolute Gasteiger partial charge is 0.352 e. The molecule has 4 aromatic rings. The van der Waals surface area contributed by atoms with E-state index in [1.165, 1.54) is 29.2 Å². The number of nitrogens with zero attached hydrogens (tertiary/aromatic N) is 2. The highest BCUT2D eigenvalue weighted by atomic mass is 35.5. The molecule has 0 unspecified atom stereocenters. The monoisotopic (exact) mass is 691 g/mol. The van der Waals surface area contributed by atoms with Crippen LogP contribution in [0.15, 0.2) is 108 Å². The molecule has 1 atom stereocenters. The standard InChI is InChI=1S/C37H39Cl2N3O4S/c1-27-10-8-9-15-34(27)42(47(45,46)33-22-20-31(39)21-23-33)26-36(43)41(25-29-16-18-30(38)19-17-29)35(24-28-11-4-2-5-12-28)37(44)40-32-13-6-3-7-14-32/h2,4-5,8-12,15-23,32,35H,3,6-7,13-14,24-26H2,1H3,(H,40,44)/t35-/m0/s1. The zero-order valence-electron chi connectivity index (χ0n) is 26.3. The third-order valence-electron chi connectivity index (χ3n) is 8.55. The van der Waals surface area contributed by atoms with Crippen molar-refractivity contribution in [2.24, 2.45) is 0 Å². The van der Waals surface area contributed by atoms with E-state index in [1.54, 1.807) is 37.3 Å². The average molecular weight is 693 g/mol. The van der Waals surface area contributed by atoms with Crippen molar-refractivity contribution in [2.75, 3.05) is 10.8 Å². The van der Waals surface area contributed by atoms with Crippen molar-refractivity contribution >= 4 is 50.7 Å². The SMILES string of the molecule is Cc1ccccc1N(CC(=O)N(Cc1ccc(Cl)cc1)[C@@H](Cc1ccccc1)C(=O)NC1CCCCC1)S(=O)(=O)c1ccc(Cl)cc1. The van der Waals surface area contributed by atoms with Crippen LogP contribution in [-0.4, -0.2) is 43.8 Å². The number of nitrogens with one attached hydrogen (secondary N) is 1. The van der Waals surface area contributed by atoms with Gasteiger partial charge in [0.2, 0.25) is 11.8 Å². The van der Waals surface area contributed by atoms with E-state index in [-0.39, 0.29) is 29.8 Å². The summed E-state index contributed by atoms with van der Waals surface area (Å²) >= 11 is 12.3. The molecule has 4 aromatic carbocycles. The lowest BCUT2D eigenvalue weighted by Crippen LogP contribution is -2.55. The van der Waals surface area contributed by atoms with Crippen molar-refractivity contribution < 1.29 is 18.0 Å². The number of hydrogen-bond acceptors (Lipinski definition) is 4. The number of amides is 2. The van der Waals surface area contributed by atoms with Crippen LogP contribution in [0.4, 0.5) is 5.69 Å². The second-order valence-electron chi connectivity index (χ2n) is 11.9. The van der Waals surface area contributed by atoms with Crippen LogP contribution >= 0.6 is 23.2 Å². The summed E-state index contributed by atoms with van der Waals surface area (Å²) < 4.78 is 29.6. The lowest BCUT2D eigenvalue weighted by atomic mass is 9.94. The van der Waals surface area contributed by atoms with Gasteiger partial charge in [-0.3, -0.25) is 13.9 Å². The van der Waals surface area contributed by atoms with Crippen molar-refractivity contribution in [3.63, 3.8) is 0 Å². The first kappa shape index (κ1) is 34.5. The Labute approximate surface area is 287 Å². The molecule has 0 saturated heterocycles. The van der Waals surface area contributed by atoms with Gasteiger partial charge in [0.25, 0.3) is 10.0 Å². The van der Waals surface area contributed by atoms with Crippen LogP contribution in [0.25, 0.3) is 0 Å². The quantitative estimate of drug-likeness (QED) is 0.166. The number of sulfonamides is 1. The van der Waals surface area contributed by atoms with E-state index in [0.29, 0.717) is 21.3 Å². The number of rotatable bonds is 12. The predicted octanol–water partition coefficient (Wildman–Crippen LogP) is 7.59. The molecule has 1 fully saturated rings. The highest BCUT2D eigenvalue weighted by Gasteiger charge is 2.35. The number of hydrogen-bond donors (Lipinski definition) is 1. The maximum absolute atomic E-state index is 14.7. The Morgan fingerprint density at radius 3 is 2.02 bits per heavy atom. The molecular formula is C37H39Cl2N3O4S. The van der Waals surface area contributed by atoms with Gasteiger partial charge in [-0.2, -0.15) is 0 Å². The summed E-state index contributed by atoms with van der Waals surface area (Å²) in [4.78, 5) is 30.4. The summed E-state index contributed by atoms with van der Waals surface area (Å²) in [7, 11) is -4.22. The molecule has 1 aliphatic rings. The fourth-order valence-corrected chi connectivity index (χ4v) is 7.71. The highest BCUT2D eigenvalue weighted by molar-refractivity contribution is 7.92. The zero-order valence-corrected chi connectivity index (χ0v) is 28.6. The number of carbonyl (C=O) groups excluding carboxylic acids is 2. The summed E-state index contributed by atoms with van der Waals surface area (Å²) in [5, 5.41) is 4.16. The van der Waals surface area contributed by atoms with Gasteiger partial charge in [0.15, 0.2) is 0 Å². The van der Waals surface area contributed by atoms with Gasteiger partial charge in [0.05, 0.1) is 10.6 Å². The van der Waals surface area contributed by atoms with Crippen molar-refractivity contribution in [1.29, 1.82) is 0 Å². The van der Waals surface area contributed by atoms with E-state index in [2.05, 4.69) is 5.32 Å². The number of benzene rings is 4. The molecule has 0 aliphatic heterocycles. The molecule has 0 bridgehead atoms. The fourth-order valence-electron chi connectivity index (χ4n) is 5.98. The second kappa shape index (κ2) is 15.8. The molecule has 1 saturated carbocycles. The maximum atomic E-state index is 14.7. The number of para-hydroxylation sites is 1. The second-order valence-corrected chi connectivity index (χ2v) is 14.7. The third-order valence-corrected chi connectivity index (χ3v) is 10.8. The number of anilines is 1. The number of carbonyl (C=O) groups is 2. The van der Waals surface area contributed by atoms with Gasteiger partial charge in [-0.25, -0.2) is 8.42 Å². The molecule has 10 heteroatoms. The van der Waals surface area contributed by atoms with E-state index in [0.717, 1.165) is 47.5 Å². The molecule has 0 spiro atoms. The van der Waals surface area contributed by atoms with Gasteiger partial charge in [-0.15, -0.1) is 0 Å². The molecule has 0 aromatic heterocycles. The summed E-state index contributed by atoms with van der Waals surface area (Å²) in [6.45, 7) is 1.35. The first-order valence-corrected chi connectivity index (χ1v) is 18.0. The molecule has 2 amide bonds. The first-order chi connectivity index (χ1) is 22.6. The van der Waals surface area contributed by atoms with Crippen LogP contribution in [0.1, 0.15) is 48.8 Å². The van der Waals surface area contributed by atoms with Gasteiger partial charge in [-0.05, 0) is 78.9 Å². The Balaban J connectivity index is 1.56. The summed E-state index contributed by atoms with van der Waals surface area (Å²) in [6.07, 6.45) is 5.24. The minimum Gasteiger partial charge on any atom is -0.352 e. The Bertz CT molecular complexity index is 1760. The van der Waals surface area contributed by atoms with E-state index in [9.17, 15) is 18.0 Å². The molecule has 47 heavy (non-hydrogen) atoms. The maximum Gasteiger partial charge on any atom is 0.264 e. The van der Waals surface area contributed by atoms with Crippen LogP contribution < -0.4 is 9.62 Å².